The van der Waals surface area contributed by atoms with Crippen molar-refractivity contribution in [1.82, 2.24) is 15.1 Å². The second-order valence-corrected chi connectivity index (χ2v) is 6.75. The lowest BCUT2D eigenvalue weighted by molar-refractivity contribution is -0.123. The second kappa shape index (κ2) is 10.3. The summed E-state index contributed by atoms with van der Waals surface area (Å²) < 4.78 is 17.5. The molecule has 0 atom stereocenters. The monoisotopic (exact) mass is 423 g/mol. The summed E-state index contributed by atoms with van der Waals surface area (Å²) >= 11 is 0. The predicted molar refractivity (Wildman–Crippen MR) is 117 cm³/mol. The molecular formula is C23H25N3O5. The zero-order chi connectivity index (χ0) is 22.2. The van der Waals surface area contributed by atoms with Crippen LogP contribution in [0.4, 0.5) is 0 Å². The Kier molecular flexibility index (Phi) is 7.26. The van der Waals surface area contributed by atoms with Gasteiger partial charge in [0.05, 0.1) is 26.5 Å². The molecule has 2 aromatic carbocycles. The third kappa shape index (κ3) is 5.63. The van der Waals surface area contributed by atoms with Gasteiger partial charge in [-0.05, 0) is 42.8 Å². The van der Waals surface area contributed by atoms with E-state index in [0.717, 1.165) is 5.56 Å². The van der Waals surface area contributed by atoms with Crippen molar-refractivity contribution < 1.29 is 19.0 Å². The first-order valence-corrected chi connectivity index (χ1v) is 9.77. The molecule has 1 N–H and O–H groups in total. The number of para-hydroxylation sites is 1. The minimum absolute atomic E-state index is 0.103. The number of hydrogen-bond donors (Lipinski definition) is 1. The van der Waals surface area contributed by atoms with Crippen molar-refractivity contribution in [3.8, 4) is 28.5 Å². The third-order valence-electron chi connectivity index (χ3n) is 4.65. The highest BCUT2D eigenvalue weighted by atomic mass is 16.5. The fourth-order valence-electron chi connectivity index (χ4n) is 2.98. The molecule has 0 spiro atoms. The minimum atomic E-state index is -0.276. The van der Waals surface area contributed by atoms with Crippen LogP contribution in [0.15, 0.2) is 59.4 Å². The van der Waals surface area contributed by atoms with Crippen LogP contribution in [0.1, 0.15) is 5.56 Å². The van der Waals surface area contributed by atoms with Crippen molar-refractivity contribution in [2.45, 2.75) is 13.5 Å². The Hall–Kier alpha value is -3.81. The lowest BCUT2D eigenvalue weighted by atomic mass is 10.1. The fourth-order valence-corrected chi connectivity index (χ4v) is 2.98. The summed E-state index contributed by atoms with van der Waals surface area (Å²) in [6.45, 7) is 2.26. The molecule has 1 aromatic heterocycles. The van der Waals surface area contributed by atoms with E-state index in [0.29, 0.717) is 28.5 Å². The van der Waals surface area contributed by atoms with Crippen molar-refractivity contribution in [3.05, 3.63) is 70.5 Å². The molecule has 0 saturated heterocycles. The van der Waals surface area contributed by atoms with Crippen LogP contribution in [0.5, 0.6) is 17.2 Å². The van der Waals surface area contributed by atoms with Gasteiger partial charge in [0, 0.05) is 18.2 Å². The van der Waals surface area contributed by atoms with Crippen LogP contribution in [0.3, 0.4) is 0 Å². The number of aromatic nitrogens is 2. The van der Waals surface area contributed by atoms with Crippen LogP contribution in [0.25, 0.3) is 11.3 Å². The number of nitrogens with one attached hydrogen (secondary N) is 1. The van der Waals surface area contributed by atoms with Gasteiger partial charge in [-0.2, -0.15) is 5.10 Å². The molecule has 0 aliphatic carbocycles. The first-order valence-electron chi connectivity index (χ1n) is 9.77. The number of amides is 1. The van der Waals surface area contributed by atoms with E-state index in [-0.39, 0.29) is 31.2 Å². The van der Waals surface area contributed by atoms with Crippen molar-refractivity contribution in [3.63, 3.8) is 0 Å². The van der Waals surface area contributed by atoms with E-state index in [1.165, 1.54) is 10.7 Å². The molecule has 3 aromatic rings. The van der Waals surface area contributed by atoms with Crippen molar-refractivity contribution in [1.29, 1.82) is 0 Å². The van der Waals surface area contributed by atoms with E-state index in [1.54, 1.807) is 38.5 Å². The number of carbonyl (C=O) groups excluding carboxylic acids is 1. The van der Waals surface area contributed by atoms with Gasteiger partial charge in [0.1, 0.15) is 17.2 Å². The molecule has 0 fully saturated rings. The number of carbonyl (C=O) groups is 1. The Balaban J connectivity index is 1.63. The number of benzene rings is 2. The van der Waals surface area contributed by atoms with E-state index in [1.807, 2.05) is 31.2 Å². The molecule has 3 rings (SSSR count). The van der Waals surface area contributed by atoms with Crippen LogP contribution >= 0.6 is 0 Å². The quantitative estimate of drug-likeness (QED) is 0.568. The van der Waals surface area contributed by atoms with E-state index in [4.69, 9.17) is 14.2 Å². The zero-order valence-corrected chi connectivity index (χ0v) is 17.8. The van der Waals surface area contributed by atoms with E-state index < -0.39 is 0 Å². The number of rotatable bonds is 9. The highest BCUT2D eigenvalue weighted by Crippen LogP contribution is 2.31. The lowest BCUT2D eigenvalue weighted by Crippen LogP contribution is -2.34. The third-order valence-corrected chi connectivity index (χ3v) is 4.65. The molecule has 0 unspecified atom stereocenters. The summed E-state index contributed by atoms with van der Waals surface area (Å²) in [5.41, 5.74) is 1.95. The Bertz CT molecular complexity index is 1110. The zero-order valence-electron chi connectivity index (χ0n) is 17.8. The molecule has 162 valence electrons. The molecule has 0 aliphatic heterocycles. The summed E-state index contributed by atoms with van der Waals surface area (Å²) in [5, 5.41) is 7.15. The van der Waals surface area contributed by atoms with Gasteiger partial charge in [0.15, 0.2) is 6.61 Å². The van der Waals surface area contributed by atoms with Crippen molar-refractivity contribution >= 4 is 5.91 Å². The van der Waals surface area contributed by atoms with Gasteiger partial charge >= 0.3 is 0 Å². The van der Waals surface area contributed by atoms with E-state index in [9.17, 15) is 9.59 Å². The first-order chi connectivity index (χ1) is 15.0. The summed E-state index contributed by atoms with van der Waals surface area (Å²) in [4.78, 5) is 24.3. The van der Waals surface area contributed by atoms with Crippen LogP contribution in [0, 0.1) is 6.92 Å². The van der Waals surface area contributed by atoms with Gasteiger partial charge in [0.2, 0.25) is 0 Å². The average molecular weight is 423 g/mol. The molecule has 0 saturated carbocycles. The van der Waals surface area contributed by atoms with Gasteiger partial charge < -0.3 is 19.5 Å². The molecule has 8 nitrogen and oxygen atoms in total. The van der Waals surface area contributed by atoms with Crippen LogP contribution in [0.2, 0.25) is 0 Å². The number of nitrogens with zero attached hydrogens (tertiary/aromatic N) is 2. The molecule has 0 radical (unpaired) electrons. The smallest absolute Gasteiger partial charge is 0.266 e. The summed E-state index contributed by atoms with van der Waals surface area (Å²) in [7, 11) is 3.14. The molecule has 0 bridgehead atoms. The van der Waals surface area contributed by atoms with E-state index >= 15 is 0 Å². The van der Waals surface area contributed by atoms with Gasteiger partial charge in [-0.15, -0.1) is 0 Å². The standard InChI is InChI=1S/C23H25N3O5/c1-16-6-4-5-7-20(16)31-15-22(27)24-12-13-26-23(28)11-9-19(25-26)18-14-17(29-2)8-10-21(18)30-3/h4-11,14H,12-13,15H2,1-3H3,(H,24,27). The maximum Gasteiger partial charge on any atom is 0.266 e. The Morgan fingerprint density at radius 2 is 1.84 bits per heavy atom. The minimum Gasteiger partial charge on any atom is -0.497 e. The van der Waals surface area contributed by atoms with Crippen molar-refractivity contribution in [2.24, 2.45) is 0 Å². The summed E-state index contributed by atoms with van der Waals surface area (Å²) in [5.74, 6) is 1.65. The Labute approximate surface area is 180 Å². The molecular weight excluding hydrogens is 398 g/mol. The molecule has 8 heteroatoms. The SMILES string of the molecule is COc1ccc(OC)c(-c2ccc(=O)n(CCNC(=O)COc3ccccc3C)n2)c1. The Morgan fingerprint density at radius 1 is 1.03 bits per heavy atom. The van der Waals surface area contributed by atoms with Gasteiger partial charge in [0.25, 0.3) is 11.5 Å². The van der Waals surface area contributed by atoms with Crippen LogP contribution in [-0.2, 0) is 11.3 Å². The average Bonchev–Trinajstić information content (AvgIpc) is 2.79. The predicted octanol–water partition coefficient (Wildman–Crippen LogP) is 2.43. The number of hydrogen-bond acceptors (Lipinski definition) is 6. The lowest BCUT2D eigenvalue weighted by Gasteiger charge is -2.12. The second-order valence-electron chi connectivity index (χ2n) is 6.75. The van der Waals surface area contributed by atoms with Crippen LogP contribution < -0.4 is 25.1 Å². The highest BCUT2D eigenvalue weighted by molar-refractivity contribution is 5.77. The number of ether oxygens (including phenoxy) is 3. The Morgan fingerprint density at radius 3 is 2.58 bits per heavy atom. The summed E-state index contributed by atoms with van der Waals surface area (Å²) in [6.07, 6.45) is 0. The highest BCUT2D eigenvalue weighted by Gasteiger charge is 2.11. The number of methoxy groups -OCH3 is 2. The topological polar surface area (TPSA) is 91.7 Å². The van der Waals surface area contributed by atoms with Crippen LogP contribution in [-0.4, -0.2) is 43.1 Å². The van der Waals surface area contributed by atoms with Gasteiger partial charge in [-0.3, -0.25) is 9.59 Å². The molecule has 1 heterocycles. The molecule has 31 heavy (non-hydrogen) atoms. The van der Waals surface area contributed by atoms with Crippen molar-refractivity contribution in [2.75, 3.05) is 27.4 Å². The van der Waals surface area contributed by atoms with E-state index in [2.05, 4.69) is 10.4 Å². The molecule has 1 amide bonds. The van der Waals surface area contributed by atoms with Gasteiger partial charge in [-0.1, -0.05) is 18.2 Å². The summed E-state index contributed by atoms with van der Waals surface area (Å²) in [6, 6.07) is 15.9. The first kappa shape index (κ1) is 21.9. The maximum atomic E-state index is 12.2. The molecule has 0 aliphatic rings. The number of aryl methyl sites for hydroxylation is 1. The maximum absolute atomic E-state index is 12.2. The largest absolute Gasteiger partial charge is 0.497 e. The fraction of sp³-hybridized carbons (Fsp3) is 0.261. The van der Waals surface area contributed by atoms with Gasteiger partial charge in [-0.25, -0.2) is 4.68 Å². The normalized spacial score (nSPS) is 10.4.